The predicted molar refractivity (Wildman–Crippen MR) is 42.1 cm³/mol. The molecule has 0 aliphatic carbocycles. The predicted octanol–water partition coefficient (Wildman–Crippen LogP) is 2.13. The normalized spacial score (nSPS) is 10.8. The molecule has 1 rings (SSSR count). The first-order valence-corrected chi connectivity index (χ1v) is 3.66. The Morgan fingerprint density at radius 1 is 1.58 bits per heavy atom. The van der Waals surface area contributed by atoms with Crippen molar-refractivity contribution in [2.24, 2.45) is 5.73 Å². The van der Waals surface area contributed by atoms with Gasteiger partial charge in [-0.05, 0) is 6.07 Å². The molecule has 1 aromatic heterocycles. The number of hydrogen-bond donors (Lipinski definition) is 1. The van der Waals surface area contributed by atoms with Gasteiger partial charge in [0, 0.05) is 23.9 Å². The minimum absolute atomic E-state index is 0.0215. The van der Waals surface area contributed by atoms with Crippen molar-refractivity contribution < 1.29 is 8.78 Å². The maximum absolute atomic E-state index is 12.3. The molecule has 0 bridgehead atoms. The smallest absolute Gasteiger partial charge is 0.264 e. The molecule has 0 unspecified atom stereocenters. The van der Waals surface area contributed by atoms with Crippen molar-refractivity contribution in [2.45, 2.75) is 13.0 Å². The van der Waals surface area contributed by atoms with Crippen LogP contribution >= 0.6 is 11.6 Å². The maximum Gasteiger partial charge on any atom is 0.264 e. The molecule has 0 spiro atoms. The van der Waals surface area contributed by atoms with E-state index in [4.69, 9.17) is 17.3 Å². The molecule has 1 heterocycles. The molecule has 0 saturated carbocycles. The van der Waals surface area contributed by atoms with Crippen molar-refractivity contribution in [2.75, 3.05) is 0 Å². The van der Waals surface area contributed by atoms with Crippen LogP contribution in [0.5, 0.6) is 0 Å². The summed E-state index contributed by atoms with van der Waals surface area (Å²) in [5.41, 5.74) is 5.31. The Bertz CT molecular complexity index is 278. The van der Waals surface area contributed by atoms with E-state index < -0.39 is 6.43 Å². The van der Waals surface area contributed by atoms with E-state index in [0.29, 0.717) is 0 Å². The zero-order valence-corrected chi connectivity index (χ0v) is 6.85. The topological polar surface area (TPSA) is 38.9 Å². The van der Waals surface area contributed by atoms with Gasteiger partial charge in [-0.15, -0.1) is 0 Å². The van der Waals surface area contributed by atoms with Crippen molar-refractivity contribution >= 4 is 11.6 Å². The van der Waals surface area contributed by atoms with Gasteiger partial charge < -0.3 is 5.73 Å². The SMILES string of the molecule is NCc1c(C(F)F)ccnc1Cl. The number of alkyl halides is 2. The highest BCUT2D eigenvalue weighted by Gasteiger charge is 2.14. The lowest BCUT2D eigenvalue weighted by atomic mass is 10.1. The van der Waals surface area contributed by atoms with E-state index in [9.17, 15) is 8.78 Å². The summed E-state index contributed by atoms with van der Waals surface area (Å²) in [5.74, 6) is 0. The molecular weight excluding hydrogens is 186 g/mol. The van der Waals surface area contributed by atoms with Gasteiger partial charge in [-0.3, -0.25) is 0 Å². The molecule has 5 heteroatoms. The van der Waals surface area contributed by atoms with Gasteiger partial charge in [-0.25, -0.2) is 13.8 Å². The molecule has 0 aliphatic heterocycles. The minimum atomic E-state index is -2.55. The van der Waals surface area contributed by atoms with Crippen molar-refractivity contribution in [3.63, 3.8) is 0 Å². The van der Waals surface area contributed by atoms with Crippen LogP contribution in [-0.4, -0.2) is 4.98 Å². The quantitative estimate of drug-likeness (QED) is 0.730. The average molecular weight is 193 g/mol. The summed E-state index contributed by atoms with van der Waals surface area (Å²) in [5, 5.41) is 0.0512. The lowest BCUT2D eigenvalue weighted by Gasteiger charge is -2.06. The van der Waals surface area contributed by atoms with Crippen LogP contribution in [0.1, 0.15) is 17.6 Å². The highest BCUT2D eigenvalue weighted by molar-refractivity contribution is 6.30. The van der Waals surface area contributed by atoms with Crippen LogP contribution < -0.4 is 5.73 Å². The van der Waals surface area contributed by atoms with Crippen LogP contribution in [0.2, 0.25) is 5.15 Å². The van der Waals surface area contributed by atoms with Gasteiger partial charge in [0.15, 0.2) is 0 Å². The van der Waals surface area contributed by atoms with Gasteiger partial charge in [0.2, 0.25) is 0 Å². The lowest BCUT2D eigenvalue weighted by molar-refractivity contribution is 0.150. The van der Waals surface area contributed by atoms with E-state index >= 15 is 0 Å². The third-order valence-electron chi connectivity index (χ3n) is 1.48. The number of nitrogens with two attached hydrogens (primary N) is 1. The first kappa shape index (κ1) is 9.35. The first-order valence-electron chi connectivity index (χ1n) is 3.28. The molecule has 0 fully saturated rings. The molecular formula is C7H7ClF2N2. The number of halogens is 3. The Kier molecular flexibility index (Phi) is 2.94. The van der Waals surface area contributed by atoms with E-state index in [1.807, 2.05) is 0 Å². The lowest BCUT2D eigenvalue weighted by Crippen LogP contribution is -2.03. The summed E-state index contributed by atoms with van der Waals surface area (Å²) >= 11 is 5.55. The fraction of sp³-hybridized carbons (Fsp3) is 0.286. The number of aromatic nitrogens is 1. The number of rotatable bonds is 2. The molecule has 0 aliphatic rings. The van der Waals surface area contributed by atoms with E-state index in [2.05, 4.69) is 4.98 Å². The summed E-state index contributed by atoms with van der Waals surface area (Å²) in [7, 11) is 0. The molecule has 0 aromatic carbocycles. The molecule has 2 nitrogen and oxygen atoms in total. The molecule has 0 saturated heterocycles. The maximum atomic E-state index is 12.3. The highest BCUT2D eigenvalue weighted by Crippen LogP contribution is 2.25. The van der Waals surface area contributed by atoms with Crippen LogP contribution in [0.3, 0.4) is 0 Å². The van der Waals surface area contributed by atoms with Crippen LogP contribution in [0, 0.1) is 0 Å². The van der Waals surface area contributed by atoms with Crippen molar-refractivity contribution in [1.82, 2.24) is 4.98 Å². The summed E-state index contributed by atoms with van der Waals surface area (Å²) in [6.07, 6.45) is -1.31. The Balaban J connectivity index is 3.18. The molecule has 2 N–H and O–H groups in total. The van der Waals surface area contributed by atoms with Crippen LogP contribution in [-0.2, 0) is 6.54 Å². The first-order chi connectivity index (χ1) is 5.66. The van der Waals surface area contributed by atoms with Gasteiger partial charge in [0.1, 0.15) is 5.15 Å². The Morgan fingerprint density at radius 3 is 2.67 bits per heavy atom. The van der Waals surface area contributed by atoms with Gasteiger partial charge in [-0.2, -0.15) is 0 Å². The largest absolute Gasteiger partial charge is 0.326 e. The Morgan fingerprint density at radius 2 is 2.25 bits per heavy atom. The number of hydrogen-bond acceptors (Lipinski definition) is 2. The molecule has 12 heavy (non-hydrogen) atoms. The van der Waals surface area contributed by atoms with Crippen molar-refractivity contribution in [3.05, 3.63) is 28.5 Å². The third-order valence-corrected chi connectivity index (χ3v) is 1.80. The Labute approximate surface area is 73.4 Å². The minimum Gasteiger partial charge on any atom is -0.326 e. The van der Waals surface area contributed by atoms with Gasteiger partial charge in [0.05, 0.1) is 0 Å². The van der Waals surface area contributed by atoms with E-state index in [1.54, 1.807) is 0 Å². The molecule has 0 radical (unpaired) electrons. The molecule has 0 amide bonds. The van der Waals surface area contributed by atoms with Gasteiger partial charge >= 0.3 is 0 Å². The van der Waals surface area contributed by atoms with E-state index in [-0.39, 0.29) is 22.8 Å². The van der Waals surface area contributed by atoms with E-state index in [1.165, 1.54) is 12.3 Å². The summed E-state index contributed by atoms with van der Waals surface area (Å²) in [4.78, 5) is 3.65. The number of pyridine rings is 1. The molecule has 0 atom stereocenters. The standard InChI is InChI=1S/C7H7ClF2N2/c8-6-5(3-11)4(7(9)10)1-2-12-6/h1-2,7H,3,11H2. The zero-order valence-electron chi connectivity index (χ0n) is 6.10. The second-order valence-corrected chi connectivity index (χ2v) is 2.53. The van der Waals surface area contributed by atoms with Crippen molar-refractivity contribution in [1.29, 1.82) is 0 Å². The number of nitrogens with zero attached hydrogens (tertiary/aromatic N) is 1. The van der Waals surface area contributed by atoms with Crippen molar-refractivity contribution in [3.8, 4) is 0 Å². The highest BCUT2D eigenvalue weighted by atomic mass is 35.5. The van der Waals surface area contributed by atoms with Gasteiger partial charge in [-0.1, -0.05) is 11.6 Å². The fourth-order valence-electron chi connectivity index (χ4n) is 0.887. The summed E-state index contributed by atoms with van der Waals surface area (Å²) in [6.45, 7) is -0.0215. The summed E-state index contributed by atoms with van der Waals surface area (Å²) in [6, 6.07) is 1.22. The monoisotopic (exact) mass is 192 g/mol. The zero-order chi connectivity index (χ0) is 9.14. The second-order valence-electron chi connectivity index (χ2n) is 2.17. The van der Waals surface area contributed by atoms with Crippen LogP contribution in [0.15, 0.2) is 12.3 Å². The third kappa shape index (κ3) is 1.70. The van der Waals surface area contributed by atoms with Crippen LogP contribution in [0.4, 0.5) is 8.78 Å². The molecule has 1 aromatic rings. The Hall–Kier alpha value is -0.740. The molecule has 66 valence electrons. The summed E-state index contributed by atoms with van der Waals surface area (Å²) < 4.78 is 24.5. The van der Waals surface area contributed by atoms with E-state index in [0.717, 1.165) is 0 Å². The fourth-order valence-corrected chi connectivity index (χ4v) is 1.13. The average Bonchev–Trinajstić information content (AvgIpc) is 2.03. The van der Waals surface area contributed by atoms with Gasteiger partial charge in [0.25, 0.3) is 6.43 Å². The van der Waals surface area contributed by atoms with Crippen LogP contribution in [0.25, 0.3) is 0 Å². The second kappa shape index (κ2) is 3.78.